The van der Waals surface area contributed by atoms with Gasteiger partial charge < -0.3 is 9.32 Å². The monoisotopic (exact) mass is 369 g/mol. The highest BCUT2D eigenvalue weighted by atomic mass is 79.9. The molecule has 23 heavy (non-hydrogen) atoms. The molecule has 1 aromatic heterocycles. The first-order valence-corrected chi connectivity index (χ1v) is 8.06. The number of para-hydroxylation sites is 1. The van der Waals surface area contributed by atoms with Crippen LogP contribution in [0.5, 0.6) is 0 Å². The zero-order valence-electron chi connectivity index (χ0n) is 12.1. The number of hydrogen-bond acceptors (Lipinski definition) is 3. The third kappa shape index (κ3) is 2.37. The van der Waals surface area contributed by atoms with Gasteiger partial charge in [-0.1, -0.05) is 34.1 Å². The van der Waals surface area contributed by atoms with E-state index in [-0.39, 0.29) is 11.5 Å². The highest BCUT2D eigenvalue weighted by Crippen LogP contribution is 2.29. The molecule has 0 bridgehead atoms. The van der Waals surface area contributed by atoms with Gasteiger partial charge >= 0.3 is 5.63 Å². The Hall–Kier alpha value is -2.40. The number of carbonyl (C=O) groups excluding carboxylic acids is 1. The topological polar surface area (TPSA) is 50.5 Å². The number of anilines is 1. The largest absolute Gasteiger partial charge is 0.422 e. The summed E-state index contributed by atoms with van der Waals surface area (Å²) in [6, 6.07) is 14.7. The molecule has 0 saturated carbocycles. The Bertz CT molecular complexity index is 993. The van der Waals surface area contributed by atoms with Crippen molar-refractivity contribution in [2.45, 2.75) is 6.42 Å². The van der Waals surface area contributed by atoms with E-state index in [1.54, 1.807) is 23.1 Å². The Labute approximate surface area is 140 Å². The molecule has 0 radical (unpaired) electrons. The maximum atomic E-state index is 12.8. The number of carbonyl (C=O) groups is 1. The molecule has 1 aliphatic heterocycles. The summed E-state index contributed by atoms with van der Waals surface area (Å²) in [7, 11) is 0. The fraction of sp³-hybridized carbons (Fsp3) is 0.111. The highest BCUT2D eigenvalue weighted by Gasteiger charge is 2.27. The summed E-state index contributed by atoms with van der Waals surface area (Å²) in [6.07, 6.45) is 0.798. The Kier molecular flexibility index (Phi) is 3.31. The smallest absolute Gasteiger partial charge is 0.349 e. The summed E-state index contributed by atoms with van der Waals surface area (Å²) in [5, 5.41) is 0.717. The van der Waals surface area contributed by atoms with Crippen LogP contribution in [0.3, 0.4) is 0 Å². The summed E-state index contributed by atoms with van der Waals surface area (Å²) in [5.74, 6) is -0.314. The molecule has 4 nitrogen and oxygen atoms in total. The van der Waals surface area contributed by atoms with Gasteiger partial charge in [-0.15, -0.1) is 0 Å². The molecule has 5 heteroatoms. The van der Waals surface area contributed by atoms with Crippen molar-refractivity contribution in [3.8, 4) is 0 Å². The van der Waals surface area contributed by atoms with Crippen LogP contribution in [-0.2, 0) is 6.42 Å². The first-order chi connectivity index (χ1) is 11.1. The Balaban J connectivity index is 1.82. The number of nitrogens with zero attached hydrogens (tertiary/aromatic N) is 1. The molecule has 3 aromatic rings. The SMILES string of the molecule is O=C(c1cc2cc(Br)ccc2oc1=O)N1CCc2ccccc21. The third-order valence-corrected chi connectivity index (χ3v) is 4.55. The van der Waals surface area contributed by atoms with E-state index in [0.717, 1.165) is 27.5 Å². The van der Waals surface area contributed by atoms with Crippen LogP contribution in [0.4, 0.5) is 5.69 Å². The number of benzene rings is 2. The van der Waals surface area contributed by atoms with Crippen molar-refractivity contribution in [1.29, 1.82) is 0 Å². The predicted octanol–water partition coefficient (Wildman–Crippen LogP) is 3.76. The molecule has 114 valence electrons. The van der Waals surface area contributed by atoms with Crippen LogP contribution in [0.15, 0.2) is 62.2 Å². The van der Waals surface area contributed by atoms with Gasteiger partial charge in [0.1, 0.15) is 11.1 Å². The lowest BCUT2D eigenvalue weighted by Gasteiger charge is -2.16. The minimum atomic E-state index is -0.603. The van der Waals surface area contributed by atoms with Crippen LogP contribution in [0.2, 0.25) is 0 Å². The second-order valence-corrected chi connectivity index (χ2v) is 6.38. The first kappa shape index (κ1) is 14.2. The molecule has 0 fully saturated rings. The summed E-state index contributed by atoms with van der Waals surface area (Å²) in [6.45, 7) is 0.578. The van der Waals surface area contributed by atoms with E-state index in [9.17, 15) is 9.59 Å². The molecule has 1 aliphatic rings. The van der Waals surface area contributed by atoms with Gasteiger partial charge in [-0.05, 0) is 42.3 Å². The minimum Gasteiger partial charge on any atom is -0.422 e. The van der Waals surface area contributed by atoms with Gasteiger partial charge in [0.05, 0.1) is 0 Å². The van der Waals surface area contributed by atoms with Crippen LogP contribution >= 0.6 is 15.9 Å². The van der Waals surface area contributed by atoms with E-state index >= 15 is 0 Å². The molecular weight excluding hydrogens is 358 g/mol. The molecule has 0 aliphatic carbocycles. The molecule has 1 amide bonds. The maximum Gasteiger partial charge on any atom is 0.349 e. The Morgan fingerprint density at radius 3 is 2.83 bits per heavy atom. The molecule has 0 N–H and O–H groups in total. The minimum absolute atomic E-state index is 0.0623. The normalized spacial score (nSPS) is 13.3. The maximum absolute atomic E-state index is 12.8. The van der Waals surface area contributed by atoms with Crippen LogP contribution in [0, 0.1) is 0 Å². The summed E-state index contributed by atoms with van der Waals surface area (Å²) in [4.78, 5) is 26.7. The molecule has 2 heterocycles. The molecule has 0 spiro atoms. The molecule has 0 unspecified atom stereocenters. The van der Waals surface area contributed by atoms with Crippen molar-refractivity contribution in [1.82, 2.24) is 0 Å². The second kappa shape index (κ2) is 5.35. The van der Waals surface area contributed by atoms with Gasteiger partial charge in [-0.2, -0.15) is 0 Å². The summed E-state index contributed by atoms with van der Waals surface area (Å²) < 4.78 is 6.16. The van der Waals surface area contributed by atoms with E-state index in [2.05, 4.69) is 15.9 Å². The number of hydrogen-bond donors (Lipinski definition) is 0. The predicted molar refractivity (Wildman–Crippen MR) is 92.0 cm³/mol. The van der Waals surface area contributed by atoms with E-state index in [1.165, 1.54) is 0 Å². The van der Waals surface area contributed by atoms with Crippen LogP contribution in [0.1, 0.15) is 15.9 Å². The average molecular weight is 370 g/mol. The van der Waals surface area contributed by atoms with Gasteiger partial charge in [0, 0.05) is 22.1 Å². The lowest BCUT2D eigenvalue weighted by molar-refractivity contribution is 0.0986. The molecule has 0 atom stereocenters. The quantitative estimate of drug-likeness (QED) is 0.613. The lowest BCUT2D eigenvalue weighted by Crippen LogP contribution is -2.32. The lowest BCUT2D eigenvalue weighted by atomic mass is 10.1. The van der Waals surface area contributed by atoms with Crippen molar-refractivity contribution < 1.29 is 9.21 Å². The van der Waals surface area contributed by atoms with Crippen molar-refractivity contribution >= 4 is 38.5 Å². The Morgan fingerprint density at radius 2 is 1.96 bits per heavy atom. The van der Waals surface area contributed by atoms with E-state index in [0.29, 0.717) is 12.1 Å². The fourth-order valence-electron chi connectivity index (χ4n) is 2.94. The number of amides is 1. The molecule has 0 saturated heterocycles. The zero-order chi connectivity index (χ0) is 16.0. The van der Waals surface area contributed by atoms with E-state index in [1.807, 2.05) is 30.3 Å². The third-order valence-electron chi connectivity index (χ3n) is 4.06. The van der Waals surface area contributed by atoms with E-state index in [4.69, 9.17) is 4.42 Å². The van der Waals surface area contributed by atoms with Gasteiger partial charge in [0.15, 0.2) is 0 Å². The summed E-state index contributed by atoms with van der Waals surface area (Å²) in [5.41, 5.74) is 1.91. The number of halogens is 1. The van der Waals surface area contributed by atoms with Crippen molar-refractivity contribution in [2.24, 2.45) is 0 Å². The van der Waals surface area contributed by atoms with Crippen LogP contribution in [-0.4, -0.2) is 12.5 Å². The number of rotatable bonds is 1. The van der Waals surface area contributed by atoms with E-state index < -0.39 is 5.63 Å². The molecule has 4 rings (SSSR count). The Morgan fingerprint density at radius 1 is 1.13 bits per heavy atom. The average Bonchev–Trinajstić information content (AvgIpc) is 2.98. The van der Waals surface area contributed by atoms with Gasteiger partial charge in [-0.25, -0.2) is 4.79 Å². The molecule has 2 aromatic carbocycles. The van der Waals surface area contributed by atoms with Crippen molar-refractivity contribution in [3.63, 3.8) is 0 Å². The van der Waals surface area contributed by atoms with Crippen molar-refractivity contribution in [2.75, 3.05) is 11.4 Å². The highest BCUT2D eigenvalue weighted by molar-refractivity contribution is 9.10. The van der Waals surface area contributed by atoms with Crippen LogP contribution in [0.25, 0.3) is 11.0 Å². The second-order valence-electron chi connectivity index (χ2n) is 5.47. The first-order valence-electron chi connectivity index (χ1n) is 7.27. The van der Waals surface area contributed by atoms with Gasteiger partial charge in [0.25, 0.3) is 5.91 Å². The zero-order valence-corrected chi connectivity index (χ0v) is 13.7. The fourth-order valence-corrected chi connectivity index (χ4v) is 3.32. The standard InChI is InChI=1S/C18H12BrNO3/c19-13-5-6-16-12(9-13)10-14(18(22)23-16)17(21)20-8-7-11-3-1-2-4-15(11)20/h1-6,9-10H,7-8H2. The van der Waals surface area contributed by atoms with Crippen molar-refractivity contribution in [3.05, 3.63) is 74.6 Å². The number of fused-ring (bicyclic) bond motifs is 2. The van der Waals surface area contributed by atoms with Crippen LogP contribution < -0.4 is 10.5 Å². The van der Waals surface area contributed by atoms with Gasteiger partial charge in [-0.3, -0.25) is 4.79 Å². The summed E-state index contributed by atoms with van der Waals surface area (Å²) >= 11 is 3.39. The van der Waals surface area contributed by atoms with Gasteiger partial charge in [0.2, 0.25) is 0 Å². The molecular formula is C18H12BrNO3.